The first-order valence-corrected chi connectivity index (χ1v) is 7.48. The van der Waals surface area contributed by atoms with Crippen molar-refractivity contribution in [3.8, 4) is 5.88 Å². The number of azo groups is 1. The summed E-state index contributed by atoms with van der Waals surface area (Å²) in [5.41, 5.74) is 7.55. The fourth-order valence-electron chi connectivity index (χ4n) is 1.93. The number of aromatic hydroxyl groups is 1. The number of hydrogen-bond donors (Lipinski definition) is 6. The number of primary amides is 1. The van der Waals surface area contributed by atoms with Gasteiger partial charge in [-0.2, -0.15) is 0 Å². The molecule has 1 aromatic heterocycles. The van der Waals surface area contributed by atoms with E-state index in [9.17, 15) is 24.6 Å². The molecular formula is C13H11N5O8S. The van der Waals surface area contributed by atoms with Gasteiger partial charge in [0, 0.05) is 4.90 Å². The van der Waals surface area contributed by atoms with Crippen molar-refractivity contribution in [1.29, 1.82) is 0 Å². The van der Waals surface area contributed by atoms with Crippen LogP contribution in [0.1, 0.15) is 20.7 Å². The Bertz CT molecular complexity index is 989. The second-order valence-electron chi connectivity index (χ2n) is 4.71. The van der Waals surface area contributed by atoms with Crippen LogP contribution in [0.15, 0.2) is 38.1 Å². The average molecular weight is 397 g/mol. The van der Waals surface area contributed by atoms with Crippen LogP contribution in [0.25, 0.3) is 0 Å². The standard InChI is InChI=1S/C13H11N5O8S/c14-8-7(10(15)19)11(20)16-12(21)9(8)18-17-6-2-1-4(27-26-25-24)3-5(6)13(22)23/h1-3,24H,(H2,15,19)(H,22,23)(H4,14,16,20,21)/b18-17+. The van der Waals surface area contributed by atoms with Gasteiger partial charge in [-0.3, -0.25) is 14.6 Å². The number of nitrogens with two attached hydrogens (primary N) is 2. The van der Waals surface area contributed by atoms with Crippen LogP contribution in [0.2, 0.25) is 0 Å². The number of aromatic amines is 1. The Balaban J connectivity index is 2.49. The first-order valence-electron chi connectivity index (χ1n) is 6.74. The number of aromatic carboxylic acids is 1. The third-order valence-electron chi connectivity index (χ3n) is 3.07. The number of nitrogens with one attached hydrogen (secondary N) is 1. The van der Waals surface area contributed by atoms with Crippen molar-refractivity contribution < 1.29 is 34.4 Å². The van der Waals surface area contributed by atoms with Gasteiger partial charge in [0.2, 0.25) is 5.88 Å². The van der Waals surface area contributed by atoms with Crippen molar-refractivity contribution in [2.45, 2.75) is 4.90 Å². The lowest BCUT2D eigenvalue weighted by atomic mass is 10.2. The number of benzene rings is 1. The molecule has 2 aromatic rings. The van der Waals surface area contributed by atoms with Crippen LogP contribution in [0.5, 0.6) is 5.88 Å². The highest BCUT2D eigenvalue weighted by atomic mass is 32.2. The van der Waals surface area contributed by atoms with Gasteiger partial charge in [0.15, 0.2) is 5.69 Å². The lowest BCUT2D eigenvalue weighted by molar-refractivity contribution is -0.432. The fourth-order valence-corrected chi connectivity index (χ4v) is 2.33. The van der Waals surface area contributed by atoms with E-state index in [4.69, 9.17) is 16.7 Å². The van der Waals surface area contributed by atoms with Crippen LogP contribution in [0.3, 0.4) is 0 Å². The molecule has 1 amide bonds. The van der Waals surface area contributed by atoms with E-state index in [0.29, 0.717) is 12.0 Å². The van der Waals surface area contributed by atoms with E-state index in [1.54, 1.807) is 0 Å². The minimum Gasteiger partial charge on any atom is -0.493 e. The first-order chi connectivity index (χ1) is 12.8. The van der Waals surface area contributed by atoms with Crippen LogP contribution in [0, 0.1) is 0 Å². The Labute approximate surface area is 153 Å². The van der Waals surface area contributed by atoms with Gasteiger partial charge in [0.05, 0.1) is 23.3 Å². The summed E-state index contributed by atoms with van der Waals surface area (Å²) >= 11 is 0.528. The quantitative estimate of drug-likeness (QED) is 0.170. The molecule has 142 valence electrons. The number of hydrogen-bond acceptors (Lipinski definition) is 11. The molecule has 0 fully saturated rings. The second-order valence-corrected chi connectivity index (χ2v) is 5.49. The Morgan fingerprint density at radius 3 is 2.56 bits per heavy atom. The van der Waals surface area contributed by atoms with Crippen molar-refractivity contribution in [3.63, 3.8) is 0 Å². The second kappa shape index (κ2) is 8.28. The summed E-state index contributed by atoms with van der Waals surface area (Å²) in [5.74, 6) is -3.31. The maximum Gasteiger partial charge on any atom is 0.338 e. The van der Waals surface area contributed by atoms with Crippen LogP contribution >= 0.6 is 12.0 Å². The van der Waals surface area contributed by atoms with Crippen molar-refractivity contribution >= 4 is 41.0 Å². The highest BCUT2D eigenvalue weighted by Gasteiger charge is 2.19. The van der Waals surface area contributed by atoms with Gasteiger partial charge in [-0.25, -0.2) is 10.1 Å². The average Bonchev–Trinajstić information content (AvgIpc) is 2.59. The number of nitrogens with zero attached hydrogens (tertiary/aromatic N) is 2. The van der Waals surface area contributed by atoms with Gasteiger partial charge in [-0.15, -0.1) is 14.6 Å². The number of carbonyl (C=O) groups is 2. The predicted octanol–water partition coefficient (Wildman–Crippen LogP) is 1.30. The van der Waals surface area contributed by atoms with Gasteiger partial charge in [-0.1, -0.05) is 5.04 Å². The number of aromatic nitrogens is 1. The lowest BCUT2D eigenvalue weighted by Gasteiger charge is -2.06. The zero-order valence-electron chi connectivity index (χ0n) is 13.1. The van der Waals surface area contributed by atoms with Crippen LogP contribution in [-0.2, 0) is 9.37 Å². The normalized spacial score (nSPS) is 11.0. The van der Waals surface area contributed by atoms with E-state index in [2.05, 4.69) is 19.6 Å². The molecule has 0 aliphatic heterocycles. The molecule has 0 radical (unpaired) electrons. The molecule has 27 heavy (non-hydrogen) atoms. The number of amides is 1. The summed E-state index contributed by atoms with van der Waals surface area (Å²) in [6.07, 6.45) is 0. The SMILES string of the molecule is NC(=O)c1c(N)c(/N=N/c2ccc(SOOO)cc2C(=O)O)c(O)[nH]c1=O. The third kappa shape index (κ3) is 4.39. The van der Waals surface area contributed by atoms with Crippen molar-refractivity contribution in [2.24, 2.45) is 16.0 Å². The number of pyridine rings is 1. The monoisotopic (exact) mass is 397 g/mol. The maximum absolute atomic E-state index is 11.6. The highest BCUT2D eigenvalue weighted by Crippen LogP contribution is 2.34. The molecule has 0 atom stereocenters. The summed E-state index contributed by atoms with van der Waals surface area (Å²) < 4.78 is 4.20. The number of nitrogen functional groups attached to an aromatic ring is 1. The van der Waals surface area contributed by atoms with E-state index in [0.717, 1.165) is 6.07 Å². The van der Waals surface area contributed by atoms with E-state index in [1.165, 1.54) is 12.1 Å². The molecule has 2 rings (SSSR count). The van der Waals surface area contributed by atoms with Crippen LogP contribution in [0.4, 0.5) is 17.1 Å². The van der Waals surface area contributed by atoms with Crippen LogP contribution < -0.4 is 17.0 Å². The molecule has 0 bridgehead atoms. The maximum atomic E-state index is 11.6. The third-order valence-corrected chi connectivity index (χ3v) is 3.65. The number of rotatable bonds is 7. The largest absolute Gasteiger partial charge is 0.493 e. The Morgan fingerprint density at radius 2 is 1.96 bits per heavy atom. The van der Waals surface area contributed by atoms with E-state index >= 15 is 0 Å². The van der Waals surface area contributed by atoms with Gasteiger partial charge < -0.3 is 21.7 Å². The van der Waals surface area contributed by atoms with E-state index in [1.807, 2.05) is 4.98 Å². The number of carboxylic acids is 1. The van der Waals surface area contributed by atoms with Crippen LogP contribution in [-0.4, -0.2) is 32.3 Å². The first kappa shape index (κ1) is 19.9. The summed E-state index contributed by atoms with van der Waals surface area (Å²) in [7, 11) is 0. The minimum atomic E-state index is -1.37. The number of anilines is 1. The molecule has 0 unspecified atom stereocenters. The zero-order chi connectivity index (χ0) is 20.1. The summed E-state index contributed by atoms with van der Waals surface area (Å²) in [6.45, 7) is 0. The summed E-state index contributed by atoms with van der Waals surface area (Å²) in [6, 6.07) is 3.75. The highest BCUT2D eigenvalue weighted by molar-refractivity contribution is 7.94. The molecule has 0 saturated heterocycles. The Kier molecular flexibility index (Phi) is 6.09. The molecule has 0 saturated carbocycles. The molecule has 13 nitrogen and oxygen atoms in total. The van der Waals surface area contributed by atoms with E-state index < -0.39 is 40.3 Å². The smallest absolute Gasteiger partial charge is 0.338 e. The lowest BCUT2D eigenvalue weighted by Crippen LogP contribution is -2.25. The topological polar surface area (TPSA) is 223 Å². The number of carbonyl (C=O) groups excluding carboxylic acids is 1. The van der Waals surface area contributed by atoms with Gasteiger partial charge >= 0.3 is 5.97 Å². The number of H-pyrrole nitrogens is 1. The Hall–Kier alpha value is -3.46. The van der Waals surface area contributed by atoms with Gasteiger partial charge in [0.1, 0.15) is 11.3 Å². The molecular weight excluding hydrogens is 386 g/mol. The van der Waals surface area contributed by atoms with Gasteiger partial charge in [0.25, 0.3) is 11.5 Å². The van der Waals surface area contributed by atoms with Crippen molar-refractivity contribution in [1.82, 2.24) is 4.98 Å². The molecule has 8 N–H and O–H groups in total. The molecule has 0 aliphatic carbocycles. The van der Waals surface area contributed by atoms with Gasteiger partial charge in [-0.05, 0) is 18.2 Å². The minimum absolute atomic E-state index is 0.151. The molecule has 1 heterocycles. The summed E-state index contributed by atoms with van der Waals surface area (Å²) in [5, 5.41) is 37.8. The summed E-state index contributed by atoms with van der Waals surface area (Å²) in [4.78, 5) is 36.4. The number of carboxylic acid groups (broad SMARTS) is 1. The van der Waals surface area contributed by atoms with Crippen molar-refractivity contribution in [2.75, 3.05) is 5.73 Å². The molecule has 0 spiro atoms. The predicted molar refractivity (Wildman–Crippen MR) is 89.9 cm³/mol. The molecule has 14 heteroatoms. The fraction of sp³-hybridized carbons (Fsp3) is 0. The Morgan fingerprint density at radius 1 is 1.26 bits per heavy atom. The molecule has 1 aromatic carbocycles. The van der Waals surface area contributed by atoms with E-state index in [-0.39, 0.29) is 16.1 Å². The zero-order valence-corrected chi connectivity index (χ0v) is 13.9. The van der Waals surface area contributed by atoms with Crippen molar-refractivity contribution in [3.05, 3.63) is 39.7 Å². The molecule has 0 aliphatic rings.